The molecule has 0 spiro atoms. The highest BCUT2D eigenvalue weighted by molar-refractivity contribution is 7.11. The van der Waals surface area contributed by atoms with Crippen LogP contribution in [0.15, 0.2) is 6.20 Å². The number of rotatable bonds is 7. The van der Waals surface area contributed by atoms with Crippen molar-refractivity contribution in [2.45, 2.75) is 33.2 Å². The summed E-state index contributed by atoms with van der Waals surface area (Å²) in [7, 11) is 0. The van der Waals surface area contributed by atoms with Crippen LogP contribution in [0.4, 0.5) is 0 Å². The standard InChI is InChI=1S/C11H19N3OS/c1-3-11-14-8-9(16-11)7-12-6-5-10(15)13-4-2/h8,12H,3-7H2,1-2H3,(H,13,15). The Morgan fingerprint density at radius 1 is 1.50 bits per heavy atom. The van der Waals surface area contributed by atoms with E-state index in [4.69, 9.17) is 0 Å². The van der Waals surface area contributed by atoms with Gasteiger partial charge in [-0.15, -0.1) is 11.3 Å². The summed E-state index contributed by atoms with van der Waals surface area (Å²) >= 11 is 1.73. The van der Waals surface area contributed by atoms with E-state index in [1.54, 1.807) is 11.3 Å². The molecule has 2 N–H and O–H groups in total. The minimum Gasteiger partial charge on any atom is -0.356 e. The fourth-order valence-electron chi connectivity index (χ4n) is 1.29. The van der Waals surface area contributed by atoms with Gasteiger partial charge in [0.1, 0.15) is 0 Å². The number of carbonyl (C=O) groups excluding carboxylic acids is 1. The van der Waals surface area contributed by atoms with E-state index >= 15 is 0 Å². The zero-order chi connectivity index (χ0) is 11.8. The average molecular weight is 241 g/mol. The van der Waals surface area contributed by atoms with E-state index in [2.05, 4.69) is 22.5 Å². The van der Waals surface area contributed by atoms with Crippen LogP contribution < -0.4 is 10.6 Å². The van der Waals surface area contributed by atoms with Crippen molar-refractivity contribution in [2.75, 3.05) is 13.1 Å². The van der Waals surface area contributed by atoms with Crippen LogP contribution in [-0.2, 0) is 17.8 Å². The zero-order valence-corrected chi connectivity index (χ0v) is 10.7. The first kappa shape index (κ1) is 13.1. The first-order chi connectivity index (χ1) is 7.76. The van der Waals surface area contributed by atoms with E-state index < -0.39 is 0 Å². The number of nitrogens with one attached hydrogen (secondary N) is 2. The highest BCUT2D eigenvalue weighted by atomic mass is 32.1. The Morgan fingerprint density at radius 2 is 2.31 bits per heavy atom. The van der Waals surface area contributed by atoms with Gasteiger partial charge >= 0.3 is 0 Å². The smallest absolute Gasteiger partial charge is 0.221 e. The van der Waals surface area contributed by atoms with Crippen LogP contribution in [0.3, 0.4) is 0 Å². The topological polar surface area (TPSA) is 54.0 Å². The molecule has 0 radical (unpaired) electrons. The molecule has 90 valence electrons. The van der Waals surface area contributed by atoms with Crippen molar-refractivity contribution in [1.29, 1.82) is 0 Å². The molecular weight excluding hydrogens is 222 g/mol. The molecule has 0 bridgehead atoms. The first-order valence-electron chi connectivity index (χ1n) is 5.67. The Hall–Kier alpha value is -0.940. The fraction of sp³-hybridized carbons (Fsp3) is 0.636. The molecule has 0 saturated heterocycles. The minimum atomic E-state index is 0.105. The van der Waals surface area contributed by atoms with Crippen molar-refractivity contribution in [3.63, 3.8) is 0 Å². The molecule has 1 rings (SSSR count). The lowest BCUT2D eigenvalue weighted by Gasteiger charge is -2.03. The van der Waals surface area contributed by atoms with Gasteiger partial charge in [0.25, 0.3) is 0 Å². The maximum atomic E-state index is 11.1. The number of carbonyl (C=O) groups is 1. The third-order valence-electron chi connectivity index (χ3n) is 2.11. The maximum absolute atomic E-state index is 11.1. The normalized spacial score (nSPS) is 10.4. The summed E-state index contributed by atoms with van der Waals surface area (Å²) < 4.78 is 0. The molecule has 5 heteroatoms. The largest absolute Gasteiger partial charge is 0.356 e. The number of aryl methyl sites for hydroxylation is 1. The van der Waals surface area contributed by atoms with Crippen molar-refractivity contribution in [2.24, 2.45) is 0 Å². The second-order valence-corrected chi connectivity index (χ2v) is 4.65. The number of amides is 1. The lowest BCUT2D eigenvalue weighted by molar-refractivity contribution is -0.120. The lowest BCUT2D eigenvalue weighted by Crippen LogP contribution is -2.27. The molecular formula is C11H19N3OS. The molecule has 1 heterocycles. The Morgan fingerprint density at radius 3 is 2.94 bits per heavy atom. The molecule has 0 fully saturated rings. The van der Waals surface area contributed by atoms with Gasteiger partial charge in [-0.2, -0.15) is 0 Å². The molecule has 1 aromatic heterocycles. The molecule has 0 atom stereocenters. The van der Waals surface area contributed by atoms with E-state index in [1.807, 2.05) is 13.1 Å². The molecule has 4 nitrogen and oxygen atoms in total. The van der Waals surface area contributed by atoms with Crippen LogP contribution in [0.25, 0.3) is 0 Å². The second-order valence-electron chi connectivity index (χ2n) is 3.45. The summed E-state index contributed by atoms with van der Waals surface area (Å²) in [5.74, 6) is 0.105. The number of thiazole rings is 1. The van der Waals surface area contributed by atoms with Crippen molar-refractivity contribution in [1.82, 2.24) is 15.6 Å². The van der Waals surface area contributed by atoms with Gasteiger partial charge in [-0.05, 0) is 13.3 Å². The van der Waals surface area contributed by atoms with Gasteiger partial charge in [0.05, 0.1) is 5.01 Å². The Balaban J connectivity index is 2.13. The van der Waals surface area contributed by atoms with E-state index in [0.29, 0.717) is 19.5 Å². The van der Waals surface area contributed by atoms with E-state index in [9.17, 15) is 4.79 Å². The van der Waals surface area contributed by atoms with E-state index in [-0.39, 0.29) is 5.91 Å². The third kappa shape index (κ3) is 4.72. The summed E-state index contributed by atoms with van der Waals surface area (Å²) in [6.45, 7) is 6.25. The van der Waals surface area contributed by atoms with Gasteiger partial charge in [-0.3, -0.25) is 4.79 Å². The summed E-state index contributed by atoms with van der Waals surface area (Å²) in [6, 6.07) is 0. The van der Waals surface area contributed by atoms with Crippen molar-refractivity contribution in [3.05, 3.63) is 16.1 Å². The highest BCUT2D eigenvalue weighted by Gasteiger charge is 2.01. The van der Waals surface area contributed by atoms with Gasteiger partial charge in [0.15, 0.2) is 0 Å². The Labute approximate surface area is 100 Å². The monoisotopic (exact) mass is 241 g/mol. The average Bonchev–Trinajstić information content (AvgIpc) is 2.73. The summed E-state index contributed by atoms with van der Waals surface area (Å²) in [5, 5.41) is 7.17. The molecule has 0 aliphatic rings. The number of hydrogen-bond acceptors (Lipinski definition) is 4. The molecule has 0 aliphatic carbocycles. The fourth-order valence-corrected chi connectivity index (χ4v) is 2.12. The Bertz CT molecular complexity index is 325. The lowest BCUT2D eigenvalue weighted by atomic mass is 10.4. The number of aromatic nitrogens is 1. The van der Waals surface area contributed by atoms with Gasteiger partial charge in [-0.1, -0.05) is 6.92 Å². The van der Waals surface area contributed by atoms with Crippen molar-refractivity contribution < 1.29 is 4.79 Å². The third-order valence-corrected chi connectivity index (χ3v) is 3.25. The van der Waals surface area contributed by atoms with Crippen LogP contribution >= 0.6 is 11.3 Å². The van der Waals surface area contributed by atoms with Crippen LogP contribution in [0.2, 0.25) is 0 Å². The molecule has 0 saturated carbocycles. The van der Waals surface area contributed by atoms with E-state index in [1.165, 1.54) is 9.88 Å². The predicted octanol–water partition coefficient (Wildman–Crippen LogP) is 1.32. The van der Waals surface area contributed by atoms with Gasteiger partial charge in [-0.25, -0.2) is 4.98 Å². The molecule has 16 heavy (non-hydrogen) atoms. The summed E-state index contributed by atoms with van der Waals surface area (Å²) in [5.41, 5.74) is 0. The van der Waals surface area contributed by atoms with Crippen LogP contribution in [0, 0.1) is 0 Å². The van der Waals surface area contributed by atoms with Crippen LogP contribution in [0.5, 0.6) is 0 Å². The predicted molar refractivity (Wildman–Crippen MR) is 66.5 cm³/mol. The number of hydrogen-bond donors (Lipinski definition) is 2. The minimum absolute atomic E-state index is 0.105. The quantitative estimate of drug-likeness (QED) is 0.708. The summed E-state index contributed by atoms with van der Waals surface area (Å²) in [4.78, 5) is 16.7. The summed E-state index contributed by atoms with van der Waals surface area (Å²) in [6.07, 6.45) is 3.43. The Kier molecular flexibility index (Phi) is 6.03. The van der Waals surface area contributed by atoms with Gasteiger partial charge in [0, 0.05) is 37.1 Å². The molecule has 1 amide bonds. The zero-order valence-electron chi connectivity index (χ0n) is 9.88. The van der Waals surface area contributed by atoms with Crippen molar-refractivity contribution in [3.8, 4) is 0 Å². The molecule has 1 aromatic rings. The van der Waals surface area contributed by atoms with Crippen LogP contribution in [-0.4, -0.2) is 24.0 Å². The van der Waals surface area contributed by atoms with Crippen molar-refractivity contribution >= 4 is 17.2 Å². The maximum Gasteiger partial charge on any atom is 0.221 e. The molecule has 0 aliphatic heterocycles. The molecule has 0 unspecified atom stereocenters. The highest BCUT2D eigenvalue weighted by Crippen LogP contribution is 2.12. The number of nitrogens with zero attached hydrogens (tertiary/aromatic N) is 1. The van der Waals surface area contributed by atoms with Gasteiger partial charge in [0.2, 0.25) is 5.91 Å². The van der Waals surface area contributed by atoms with Gasteiger partial charge < -0.3 is 10.6 Å². The van der Waals surface area contributed by atoms with E-state index in [0.717, 1.165) is 13.0 Å². The SMILES string of the molecule is CCNC(=O)CCNCc1cnc(CC)s1. The first-order valence-corrected chi connectivity index (χ1v) is 6.48. The second kappa shape index (κ2) is 7.35. The molecule has 0 aromatic carbocycles. The van der Waals surface area contributed by atoms with Crippen LogP contribution in [0.1, 0.15) is 30.2 Å².